The van der Waals surface area contributed by atoms with E-state index in [1.54, 1.807) is 0 Å². The molecule has 0 saturated carbocycles. The van der Waals surface area contributed by atoms with Crippen LogP contribution in [-0.4, -0.2) is 17.0 Å². The highest BCUT2D eigenvalue weighted by molar-refractivity contribution is 5.92. The fourth-order valence-electron chi connectivity index (χ4n) is 2.02. The first-order valence-electron chi connectivity index (χ1n) is 6.72. The molecule has 0 saturated heterocycles. The topological polar surface area (TPSA) is 34.0 Å². The van der Waals surface area contributed by atoms with Crippen LogP contribution in [0.3, 0.4) is 0 Å². The fraction of sp³-hybridized carbons (Fsp3) is 0.235. The lowest BCUT2D eigenvalue weighted by Crippen LogP contribution is -2.26. The summed E-state index contributed by atoms with van der Waals surface area (Å²) in [5.41, 5.74) is 1.85. The Labute approximate surface area is 119 Å². The number of aromatic nitrogens is 1. The molecule has 0 aliphatic rings. The van der Waals surface area contributed by atoms with E-state index in [1.165, 1.54) is 5.56 Å². The smallest absolute Gasteiger partial charge is 0.267 e. The van der Waals surface area contributed by atoms with Crippen LogP contribution in [0.2, 0.25) is 0 Å². The van der Waals surface area contributed by atoms with Crippen LogP contribution < -0.4 is 5.32 Å². The van der Waals surface area contributed by atoms with Crippen molar-refractivity contribution in [2.45, 2.75) is 19.4 Å². The number of terminal acetylenes is 1. The Bertz CT molecular complexity index is 593. The van der Waals surface area contributed by atoms with E-state index >= 15 is 0 Å². The largest absolute Gasteiger partial charge is 0.351 e. The van der Waals surface area contributed by atoms with Gasteiger partial charge in [-0.2, -0.15) is 0 Å². The molecule has 0 aliphatic heterocycles. The zero-order chi connectivity index (χ0) is 14.2. The summed E-state index contributed by atoms with van der Waals surface area (Å²) in [6, 6.07) is 13.8. The molecule has 0 atom stereocenters. The Morgan fingerprint density at radius 2 is 2.00 bits per heavy atom. The number of amides is 1. The highest BCUT2D eigenvalue weighted by Crippen LogP contribution is 2.08. The van der Waals surface area contributed by atoms with Crippen LogP contribution in [0.4, 0.5) is 0 Å². The third-order valence-corrected chi connectivity index (χ3v) is 3.04. The molecule has 1 N–H and O–H groups in total. The first-order chi connectivity index (χ1) is 9.81. The number of carbonyl (C=O) groups excluding carboxylic acids is 1. The van der Waals surface area contributed by atoms with Crippen LogP contribution in [0, 0.1) is 12.3 Å². The van der Waals surface area contributed by atoms with Crippen molar-refractivity contribution >= 4 is 5.91 Å². The van der Waals surface area contributed by atoms with Gasteiger partial charge in [0, 0.05) is 25.7 Å². The Balaban J connectivity index is 1.98. The maximum absolute atomic E-state index is 12.1. The standard InChI is InChI=1S/C17H18N2O/c1-2-3-7-12-18-17(20)16-11-8-13-19(16)14-15-9-5-4-6-10-15/h1,4-6,8-11,13H,3,7,12,14H2,(H,18,20). The number of nitrogens with one attached hydrogen (secondary N) is 1. The Morgan fingerprint density at radius 3 is 2.75 bits per heavy atom. The molecule has 102 valence electrons. The van der Waals surface area contributed by atoms with Gasteiger partial charge in [0.05, 0.1) is 0 Å². The van der Waals surface area contributed by atoms with E-state index in [-0.39, 0.29) is 5.91 Å². The molecular formula is C17H18N2O. The molecule has 0 bridgehead atoms. The number of unbranched alkanes of at least 4 members (excludes halogenated alkanes) is 1. The van der Waals surface area contributed by atoms with E-state index in [0.29, 0.717) is 25.2 Å². The Kier molecular flexibility index (Phi) is 5.02. The predicted octanol–water partition coefficient (Wildman–Crippen LogP) is 2.68. The zero-order valence-corrected chi connectivity index (χ0v) is 11.4. The van der Waals surface area contributed by atoms with Crippen molar-refractivity contribution in [3.8, 4) is 12.3 Å². The molecule has 1 aromatic carbocycles. The van der Waals surface area contributed by atoms with Crippen molar-refractivity contribution in [3.05, 3.63) is 59.9 Å². The molecule has 2 rings (SSSR count). The second kappa shape index (κ2) is 7.20. The van der Waals surface area contributed by atoms with Crippen molar-refractivity contribution in [3.63, 3.8) is 0 Å². The molecule has 0 unspecified atom stereocenters. The summed E-state index contributed by atoms with van der Waals surface area (Å²) in [6.07, 6.45) is 8.60. The quantitative estimate of drug-likeness (QED) is 0.633. The molecule has 0 aliphatic carbocycles. The summed E-state index contributed by atoms with van der Waals surface area (Å²) >= 11 is 0. The van der Waals surface area contributed by atoms with Crippen LogP contribution >= 0.6 is 0 Å². The third-order valence-electron chi connectivity index (χ3n) is 3.04. The lowest BCUT2D eigenvalue weighted by Gasteiger charge is -2.09. The van der Waals surface area contributed by atoms with Crippen LogP contribution in [0.15, 0.2) is 48.7 Å². The van der Waals surface area contributed by atoms with Gasteiger partial charge in [0.25, 0.3) is 5.91 Å². The van der Waals surface area contributed by atoms with Gasteiger partial charge in [0.15, 0.2) is 0 Å². The van der Waals surface area contributed by atoms with Crippen LogP contribution in [-0.2, 0) is 6.54 Å². The van der Waals surface area contributed by atoms with E-state index in [1.807, 2.05) is 41.1 Å². The van der Waals surface area contributed by atoms with E-state index < -0.39 is 0 Å². The summed E-state index contributed by atoms with van der Waals surface area (Å²) in [4.78, 5) is 12.1. The minimum Gasteiger partial charge on any atom is -0.351 e. The van der Waals surface area contributed by atoms with Gasteiger partial charge in [-0.25, -0.2) is 0 Å². The van der Waals surface area contributed by atoms with Gasteiger partial charge in [-0.15, -0.1) is 12.3 Å². The lowest BCUT2D eigenvalue weighted by atomic mass is 10.2. The van der Waals surface area contributed by atoms with Gasteiger partial charge in [-0.1, -0.05) is 30.3 Å². The first kappa shape index (κ1) is 14.0. The van der Waals surface area contributed by atoms with Gasteiger partial charge in [-0.3, -0.25) is 4.79 Å². The first-order valence-corrected chi connectivity index (χ1v) is 6.72. The monoisotopic (exact) mass is 266 g/mol. The number of rotatable bonds is 6. The summed E-state index contributed by atoms with van der Waals surface area (Å²) < 4.78 is 1.95. The Morgan fingerprint density at radius 1 is 1.20 bits per heavy atom. The summed E-state index contributed by atoms with van der Waals surface area (Å²) in [6.45, 7) is 1.31. The number of nitrogens with zero attached hydrogens (tertiary/aromatic N) is 1. The minimum absolute atomic E-state index is 0.0528. The SMILES string of the molecule is C#CCCCNC(=O)c1cccn1Cc1ccccc1. The molecule has 1 aromatic heterocycles. The second-order valence-electron chi connectivity index (χ2n) is 4.57. The van der Waals surface area contributed by atoms with Gasteiger partial charge in [0.1, 0.15) is 5.69 Å². The highest BCUT2D eigenvalue weighted by Gasteiger charge is 2.10. The Hall–Kier alpha value is -2.47. The molecule has 3 heteroatoms. The highest BCUT2D eigenvalue weighted by atomic mass is 16.1. The maximum atomic E-state index is 12.1. The molecular weight excluding hydrogens is 248 g/mol. The van der Waals surface area contributed by atoms with Crippen LogP contribution in [0.25, 0.3) is 0 Å². The number of hydrogen-bond donors (Lipinski definition) is 1. The maximum Gasteiger partial charge on any atom is 0.267 e. The molecule has 20 heavy (non-hydrogen) atoms. The van der Waals surface area contributed by atoms with Gasteiger partial charge >= 0.3 is 0 Å². The van der Waals surface area contributed by atoms with Crippen LogP contribution in [0.1, 0.15) is 28.9 Å². The lowest BCUT2D eigenvalue weighted by molar-refractivity contribution is 0.0944. The van der Waals surface area contributed by atoms with Crippen molar-refractivity contribution in [1.29, 1.82) is 0 Å². The van der Waals surface area contributed by atoms with Gasteiger partial charge < -0.3 is 9.88 Å². The minimum atomic E-state index is -0.0528. The van der Waals surface area contributed by atoms with E-state index in [0.717, 1.165) is 6.42 Å². The van der Waals surface area contributed by atoms with Crippen molar-refractivity contribution in [2.75, 3.05) is 6.54 Å². The third kappa shape index (κ3) is 3.76. The van der Waals surface area contributed by atoms with Gasteiger partial charge in [0.2, 0.25) is 0 Å². The van der Waals surface area contributed by atoms with E-state index in [9.17, 15) is 4.79 Å². The molecule has 1 heterocycles. The van der Waals surface area contributed by atoms with Crippen LogP contribution in [0.5, 0.6) is 0 Å². The van der Waals surface area contributed by atoms with Crippen molar-refractivity contribution in [2.24, 2.45) is 0 Å². The summed E-state index contributed by atoms with van der Waals surface area (Å²) in [7, 11) is 0. The summed E-state index contributed by atoms with van der Waals surface area (Å²) in [5.74, 6) is 2.51. The second-order valence-corrected chi connectivity index (χ2v) is 4.57. The van der Waals surface area contributed by atoms with E-state index in [4.69, 9.17) is 6.42 Å². The fourth-order valence-corrected chi connectivity index (χ4v) is 2.02. The summed E-state index contributed by atoms with van der Waals surface area (Å²) in [5, 5.41) is 2.89. The zero-order valence-electron chi connectivity index (χ0n) is 11.4. The van der Waals surface area contributed by atoms with E-state index in [2.05, 4.69) is 23.4 Å². The van der Waals surface area contributed by atoms with Crippen molar-refractivity contribution < 1.29 is 4.79 Å². The number of benzene rings is 1. The predicted molar refractivity (Wildman–Crippen MR) is 80.4 cm³/mol. The molecule has 0 fully saturated rings. The number of hydrogen-bond acceptors (Lipinski definition) is 1. The molecule has 1 amide bonds. The molecule has 0 spiro atoms. The average molecular weight is 266 g/mol. The molecule has 2 aromatic rings. The van der Waals surface area contributed by atoms with Crippen molar-refractivity contribution in [1.82, 2.24) is 9.88 Å². The van der Waals surface area contributed by atoms with Gasteiger partial charge in [-0.05, 0) is 24.1 Å². The average Bonchev–Trinajstić information content (AvgIpc) is 2.93. The molecule has 3 nitrogen and oxygen atoms in total. The number of carbonyl (C=O) groups is 1. The molecule has 0 radical (unpaired) electrons. The normalized spacial score (nSPS) is 9.95.